The molecule has 0 saturated carbocycles. The molecular formula is C13H8F5N. The highest BCUT2D eigenvalue weighted by Crippen LogP contribution is 2.19. The molecule has 100 valence electrons. The Bertz CT molecular complexity index is 612. The van der Waals surface area contributed by atoms with Crippen LogP contribution in [0.3, 0.4) is 0 Å². The molecule has 0 radical (unpaired) electrons. The van der Waals surface area contributed by atoms with Crippen LogP contribution in [0.4, 0.5) is 27.6 Å². The van der Waals surface area contributed by atoms with E-state index < -0.39 is 29.1 Å². The second kappa shape index (κ2) is 5.26. The number of rotatable bonds is 3. The highest BCUT2D eigenvalue weighted by atomic mass is 19.2. The normalized spacial score (nSPS) is 10.6. The standard InChI is InChI=1S/C13H8F5N/c14-8-2-1-7(3-9(8)15)6-19-13-5-11(17)10(16)4-12(13)18/h1-5,19H,6H2. The van der Waals surface area contributed by atoms with Crippen molar-refractivity contribution in [2.75, 3.05) is 5.32 Å². The molecule has 0 atom stereocenters. The first-order valence-electron chi connectivity index (χ1n) is 5.29. The minimum absolute atomic E-state index is 0.0564. The quantitative estimate of drug-likeness (QED) is 0.658. The molecule has 0 bridgehead atoms. The highest BCUT2D eigenvalue weighted by molar-refractivity contribution is 5.45. The lowest BCUT2D eigenvalue weighted by Gasteiger charge is -2.08. The van der Waals surface area contributed by atoms with E-state index in [0.29, 0.717) is 17.7 Å². The average molecular weight is 273 g/mol. The van der Waals surface area contributed by atoms with Gasteiger partial charge >= 0.3 is 0 Å². The molecule has 1 nitrogen and oxygen atoms in total. The van der Waals surface area contributed by atoms with Crippen molar-refractivity contribution in [3.8, 4) is 0 Å². The van der Waals surface area contributed by atoms with Crippen LogP contribution in [0.15, 0.2) is 30.3 Å². The molecule has 6 heteroatoms. The first-order valence-corrected chi connectivity index (χ1v) is 5.29. The lowest BCUT2D eigenvalue weighted by Crippen LogP contribution is -2.03. The van der Waals surface area contributed by atoms with Crippen LogP contribution in [-0.2, 0) is 6.54 Å². The second-order valence-corrected chi connectivity index (χ2v) is 3.85. The van der Waals surface area contributed by atoms with Crippen molar-refractivity contribution >= 4 is 5.69 Å². The topological polar surface area (TPSA) is 12.0 Å². The first-order chi connectivity index (χ1) is 8.97. The van der Waals surface area contributed by atoms with E-state index in [1.165, 1.54) is 6.07 Å². The van der Waals surface area contributed by atoms with Gasteiger partial charge in [0.25, 0.3) is 0 Å². The van der Waals surface area contributed by atoms with Gasteiger partial charge in [-0.25, -0.2) is 22.0 Å². The first kappa shape index (κ1) is 13.3. The Morgan fingerprint density at radius 3 is 2.00 bits per heavy atom. The Hall–Kier alpha value is -2.11. The molecule has 1 N–H and O–H groups in total. The van der Waals surface area contributed by atoms with Crippen molar-refractivity contribution in [1.82, 2.24) is 0 Å². The smallest absolute Gasteiger partial charge is 0.161 e. The number of benzene rings is 2. The summed E-state index contributed by atoms with van der Waals surface area (Å²) in [5, 5.41) is 2.47. The predicted octanol–water partition coefficient (Wildman–Crippen LogP) is 3.99. The Balaban J connectivity index is 2.14. The molecule has 0 aliphatic rings. The Kier molecular flexibility index (Phi) is 3.69. The lowest BCUT2D eigenvalue weighted by molar-refractivity contribution is 0.496. The minimum atomic E-state index is -1.30. The highest BCUT2D eigenvalue weighted by Gasteiger charge is 2.10. The third-order valence-corrected chi connectivity index (χ3v) is 2.48. The maximum absolute atomic E-state index is 13.3. The van der Waals surface area contributed by atoms with Gasteiger partial charge in [-0.15, -0.1) is 0 Å². The molecule has 19 heavy (non-hydrogen) atoms. The summed E-state index contributed by atoms with van der Waals surface area (Å²) in [6.45, 7) is -0.0564. The van der Waals surface area contributed by atoms with Gasteiger partial charge in [-0.1, -0.05) is 6.07 Å². The zero-order valence-electron chi connectivity index (χ0n) is 9.48. The Morgan fingerprint density at radius 1 is 0.684 bits per heavy atom. The Morgan fingerprint density at radius 2 is 1.32 bits per heavy atom. The Labute approximate surface area is 105 Å². The summed E-state index contributed by atoms with van der Waals surface area (Å²) in [6.07, 6.45) is 0. The van der Waals surface area contributed by atoms with Crippen molar-refractivity contribution in [3.63, 3.8) is 0 Å². The predicted molar refractivity (Wildman–Crippen MR) is 60.0 cm³/mol. The van der Waals surface area contributed by atoms with Crippen molar-refractivity contribution in [1.29, 1.82) is 0 Å². The molecule has 0 aromatic heterocycles. The van der Waals surface area contributed by atoms with Crippen molar-refractivity contribution in [3.05, 3.63) is 65.0 Å². The summed E-state index contributed by atoms with van der Waals surface area (Å²) >= 11 is 0. The van der Waals surface area contributed by atoms with E-state index in [4.69, 9.17) is 0 Å². The lowest BCUT2D eigenvalue weighted by atomic mass is 10.2. The monoisotopic (exact) mass is 273 g/mol. The number of hydrogen-bond acceptors (Lipinski definition) is 1. The zero-order chi connectivity index (χ0) is 14.0. The minimum Gasteiger partial charge on any atom is -0.379 e. The summed E-state index contributed by atoms with van der Waals surface area (Å²) in [5.41, 5.74) is 0.0756. The van der Waals surface area contributed by atoms with E-state index in [0.717, 1.165) is 12.1 Å². The molecule has 0 aliphatic heterocycles. The van der Waals surface area contributed by atoms with Crippen LogP contribution in [0.2, 0.25) is 0 Å². The molecule has 2 aromatic rings. The van der Waals surface area contributed by atoms with Gasteiger partial charge in [-0.2, -0.15) is 0 Å². The average Bonchev–Trinajstić information content (AvgIpc) is 2.36. The number of nitrogens with one attached hydrogen (secondary N) is 1. The molecular weight excluding hydrogens is 265 g/mol. The van der Waals surface area contributed by atoms with E-state index in [2.05, 4.69) is 5.32 Å². The summed E-state index contributed by atoms with van der Waals surface area (Å²) in [7, 11) is 0. The largest absolute Gasteiger partial charge is 0.379 e. The summed E-state index contributed by atoms with van der Waals surface area (Å²) in [6, 6.07) is 4.21. The van der Waals surface area contributed by atoms with E-state index in [1.54, 1.807) is 0 Å². The van der Waals surface area contributed by atoms with E-state index in [9.17, 15) is 22.0 Å². The number of hydrogen-bond donors (Lipinski definition) is 1. The maximum Gasteiger partial charge on any atom is 0.161 e. The van der Waals surface area contributed by atoms with Crippen LogP contribution in [0.1, 0.15) is 5.56 Å². The van der Waals surface area contributed by atoms with Crippen LogP contribution < -0.4 is 5.32 Å². The van der Waals surface area contributed by atoms with Crippen LogP contribution in [0, 0.1) is 29.1 Å². The fraction of sp³-hybridized carbons (Fsp3) is 0.0769. The third kappa shape index (κ3) is 3.01. The van der Waals surface area contributed by atoms with Gasteiger partial charge in [-0.3, -0.25) is 0 Å². The summed E-state index contributed by atoms with van der Waals surface area (Å²) in [5.74, 6) is -5.50. The molecule has 0 unspecified atom stereocenters. The summed E-state index contributed by atoms with van der Waals surface area (Å²) < 4.78 is 64.5. The van der Waals surface area contributed by atoms with Gasteiger partial charge in [0, 0.05) is 18.7 Å². The van der Waals surface area contributed by atoms with E-state index in [-0.39, 0.29) is 12.2 Å². The summed E-state index contributed by atoms with van der Waals surface area (Å²) in [4.78, 5) is 0. The molecule has 0 aliphatic carbocycles. The van der Waals surface area contributed by atoms with Crippen LogP contribution in [-0.4, -0.2) is 0 Å². The van der Waals surface area contributed by atoms with E-state index in [1.807, 2.05) is 0 Å². The van der Waals surface area contributed by atoms with Gasteiger partial charge in [0.15, 0.2) is 23.3 Å². The zero-order valence-corrected chi connectivity index (χ0v) is 9.48. The van der Waals surface area contributed by atoms with Gasteiger partial charge in [-0.05, 0) is 17.7 Å². The van der Waals surface area contributed by atoms with Crippen LogP contribution in [0.25, 0.3) is 0 Å². The van der Waals surface area contributed by atoms with E-state index >= 15 is 0 Å². The fourth-order valence-electron chi connectivity index (χ4n) is 1.50. The molecule has 0 amide bonds. The molecule has 0 fully saturated rings. The number of halogens is 5. The van der Waals surface area contributed by atoms with Crippen molar-refractivity contribution < 1.29 is 22.0 Å². The van der Waals surface area contributed by atoms with Gasteiger partial charge in [0.2, 0.25) is 0 Å². The van der Waals surface area contributed by atoms with Crippen molar-refractivity contribution in [2.24, 2.45) is 0 Å². The molecule has 2 aromatic carbocycles. The molecule has 0 saturated heterocycles. The van der Waals surface area contributed by atoms with Gasteiger partial charge < -0.3 is 5.32 Å². The third-order valence-electron chi connectivity index (χ3n) is 2.48. The SMILES string of the molecule is Fc1ccc(CNc2cc(F)c(F)cc2F)cc1F. The van der Waals surface area contributed by atoms with Crippen LogP contribution in [0.5, 0.6) is 0 Å². The molecule has 2 rings (SSSR count). The molecule has 0 spiro atoms. The second-order valence-electron chi connectivity index (χ2n) is 3.85. The molecule has 0 heterocycles. The maximum atomic E-state index is 13.3. The van der Waals surface area contributed by atoms with Gasteiger partial charge in [0.1, 0.15) is 5.82 Å². The van der Waals surface area contributed by atoms with Crippen LogP contribution >= 0.6 is 0 Å². The fourth-order valence-corrected chi connectivity index (χ4v) is 1.50. The number of anilines is 1. The van der Waals surface area contributed by atoms with Crippen molar-refractivity contribution in [2.45, 2.75) is 6.54 Å². The van der Waals surface area contributed by atoms with Gasteiger partial charge in [0.05, 0.1) is 5.69 Å².